The molecule has 2 N–H and O–H groups in total. The quantitative estimate of drug-likeness (QED) is 0.805. The van der Waals surface area contributed by atoms with Crippen molar-refractivity contribution < 1.29 is 9.53 Å². The number of rotatable bonds is 2. The molecule has 1 aromatic rings. The molecular formula is C13H18N2O2. The number of methoxy groups -OCH3 is 1. The Bertz CT molecular complexity index is 443. The minimum absolute atomic E-state index is 0.0453. The smallest absolute Gasteiger partial charge is 0.241 e. The average molecular weight is 234 g/mol. The summed E-state index contributed by atoms with van der Waals surface area (Å²) in [6.45, 7) is 5.49. The van der Waals surface area contributed by atoms with Gasteiger partial charge in [-0.25, -0.2) is 0 Å². The number of benzene rings is 1. The van der Waals surface area contributed by atoms with Crippen LogP contribution in [0.15, 0.2) is 12.1 Å². The fourth-order valence-corrected chi connectivity index (χ4v) is 2.19. The highest BCUT2D eigenvalue weighted by atomic mass is 16.5. The normalized spacial score (nSPS) is 19.9. The Hall–Kier alpha value is -1.55. The Morgan fingerprint density at radius 3 is 2.65 bits per heavy atom. The molecule has 4 nitrogen and oxygen atoms in total. The van der Waals surface area contributed by atoms with Gasteiger partial charge in [-0.3, -0.25) is 4.79 Å². The van der Waals surface area contributed by atoms with E-state index < -0.39 is 0 Å². The predicted molar refractivity (Wildman–Crippen MR) is 66.2 cm³/mol. The zero-order valence-corrected chi connectivity index (χ0v) is 10.5. The van der Waals surface area contributed by atoms with Crippen LogP contribution in [0, 0.1) is 13.8 Å². The zero-order valence-electron chi connectivity index (χ0n) is 10.5. The summed E-state index contributed by atoms with van der Waals surface area (Å²) >= 11 is 0. The molecule has 0 saturated carbocycles. The molecule has 4 heteroatoms. The van der Waals surface area contributed by atoms with Gasteiger partial charge in [-0.15, -0.1) is 0 Å². The van der Waals surface area contributed by atoms with Crippen molar-refractivity contribution in [3.63, 3.8) is 0 Å². The van der Waals surface area contributed by atoms with Gasteiger partial charge in [-0.1, -0.05) is 6.07 Å². The maximum atomic E-state index is 11.8. The Balaban J connectivity index is 2.38. The van der Waals surface area contributed by atoms with E-state index in [1.165, 1.54) is 0 Å². The van der Waals surface area contributed by atoms with Gasteiger partial charge in [-0.2, -0.15) is 0 Å². The van der Waals surface area contributed by atoms with Gasteiger partial charge < -0.3 is 15.4 Å². The molecule has 92 valence electrons. The van der Waals surface area contributed by atoms with Gasteiger partial charge in [-0.05, 0) is 36.6 Å². The van der Waals surface area contributed by atoms with Crippen molar-refractivity contribution in [1.29, 1.82) is 0 Å². The SMILES string of the molecule is COc1cc(C)c(C2NCCNC2=O)cc1C. The first-order chi connectivity index (χ1) is 8.13. The number of hydrogen-bond acceptors (Lipinski definition) is 3. The molecule has 1 unspecified atom stereocenters. The lowest BCUT2D eigenvalue weighted by molar-refractivity contribution is -0.124. The van der Waals surface area contributed by atoms with Crippen molar-refractivity contribution >= 4 is 5.91 Å². The average Bonchev–Trinajstić information content (AvgIpc) is 2.32. The third kappa shape index (κ3) is 2.26. The molecule has 1 atom stereocenters. The molecule has 0 radical (unpaired) electrons. The van der Waals surface area contributed by atoms with Crippen LogP contribution in [0.25, 0.3) is 0 Å². The van der Waals surface area contributed by atoms with E-state index in [0.29, 0.717) is 6.54 Å². The molecule has 1 amide bonds. The summed E-state index contributed by atoms with van der Waals surface area (Å²) in [6, 6.07) is 3.76. The summed E-state index contributed by atoms with van der Waals surface area (Å²) < 4.78 is 5.27. The van der Waals surface area contributed by atoms with Crippen molar-refractivity contribution in [1.82, 2.24) is 10.6 Å². The number of ether oxygens (including phenoxy) is 1. The number of amides is 1. The van der Waals surface area contributed by atoms with Crippen LogP contribution in [0.3, 0.4) is 0 Å². The fraction of sp³-hybridized carbons (Fsp3) is 0.462. The second-order valence-corrected chi connectivity index (χ2v) is 4.36. The van der Waals surface area contributed by atoms with Gasteiger partial charge in [0.25, 0.3) is 0 Å². The van der Waals surface area contributed by atoms with Gasteiger partial charge in [0.15, 0.2) is 0 Å². The van der Waals surface area contributed by atoms with Crippen LogP contribution in [-0.4, -0.2) is 26.1 Å². The van der Waals surface area contributed by atoms with Crippen LogP contribution in [0.5, 0.6) is 5.75 Å². The van der Waals surface area contributed by atoms with Crippen LogP contribution < -0.4 is 15.4 Å². The summed E-state index contributed by atoms with van der Waals surface area (Å²) in [5.41, 5.74) is 3.15. The lowest BCUT2D eigenvalue weighted by Gasteiger charge is -2.25. The number of carbonyl (C=O) groups excluding carboxylic acids is 1. The Morgan fingerprint density at radius 1 is 1.24 bits per heavy atom. The van der Waals surface area contributed by atoms with E-state index in [0.717, 1.165) is 29.0 Å². The summed E-state index contributed by atoms with van der Waals surface area (Å²) in [6.07, 6.45) is 0. The third-order valence-electron chi connectivity index (χ3n) is 3.13. The summed E-state index contributed by atoms with van der Waals surface area (Å²) in [4.78, 5) is 11.8. The molecule has 1 fully saturated rings. The van der Waals surface area contributed by atoms with Crippen molar-refractivity contribution in [2.24, 2.45) is 0 Å². The second-order valence-electron chi connectivity index (χ2n) is 4.36. The first-order valence-electron chi connectivity index (χ1n) is 5.79. The Morgan fingerprint density at radius 2 is 2.00 bits per heavy atom. The monoisotopic (exact) mass is 234 g/mol. The largest absolute Gasteiger partial charge is 0.496 e. The van der Waals surface area contributed by atoms with Crippen molar-refractivity contribution in [2.45, 2.75) is 19.9 Å². The van der Waals surface area contributed by atoms with Crippen LogP contribution in [-0.2, 0) is 4.79 Å². The number of piperazine rings is 1. The van der Waals surface area contributed by atoms with E-state index in [2.05, 4.69) is 10.6 Å². The Kier molecular flexibility index (Phi) is 3.33. The van der Waals surface area contributed by atoms with E-state index in [1.807, 2.05) is 26.0 Å². The number of aryl methyl sites for hydroxylation is 2. The second kappa shape index (κ2) is 4.75. The minimum atomic E-state index is -0.242. The van der Waals surface area contributed by atoms with E-state index in [-0.39, 0.29) is 11.9 Å². The van der Waals surface area contributed by atoms with Gasteiger partial charge in [0.05, 0.1) is 7.11 Å². The molecule has 1 aliphatic heterocycles. The van der Waals surface area contributed by atoms with Crippen LogP contribution in [0.4, 0.5) is 0 Å². The van der Waals surface area contributed by atoms with Crippen LogP contribution in [0.2, 0.25) is 0 Å². The van der Waals surface area contributed by atoms with Crippen LogP contribution in [0.1, 0.15) is 22.7 Å². The van der Waals surface area contributed by atoms with Crippen molar-refractivity contribution in [3.8, 4) is 5.75 Å². The first-order valence-corrected chi connectivity index (χ1v) is 5.79. The molecule has 0 spiro atoms. The molecule has 0 aromatic heterocycles. The van der Waals surface area contributed by atoms with Gasteiger partial charge in [0.1, 0.15) is 11.8 Å². The summed E-state index contributed by atoms with van der Waals surface area (Å²) in [5, 5.41) is 6.11. The zero-order chi connectivity index (χ0) is 12.4. The third-order valence-corrected chi connectivity index (χ3v) is 3.13. The molecule has 1 saturated heterocycles. The highest BCUT2D eigenvalue weighted by molar-refractivity contribution is 5.84. The van der Waals surface area contributed by atoms with E-state index in [9.17, 15) is 4.79 Å². The molecule has 0 bridgehead atoms. The topological polar surface area (TPSA) is 50.4 Å². The molecule has 17 heavy (non-hydrogen) atoms. The summed E-state index contributed by atoms with van der Waals surface area (Å²) in [5.74, 6) is 0.909. The highest BCUT2D eigenvalue weighted by Gasteiger charge is 2.25. The van der Waals surface area contributed by atoms with Crippen LogP contribution >= 0.6 is 0 Å². The van der Waals surface area contributed by atoms with E-state index in [1.54, 1.807) is 7.11 Å². The van der Waals surface area contributed by atoms with Gasteiger partial charge >= 0.3 is 0 Å². The number of carbonyl (C=O) groups is 1. The molecule has 1 aromatic carbocycles. The molecule has 1 aliphatic rings. The lowest BCUT2D eigenvalue weighted by atomic mass is 9.96. The van der Waals surface area contributed by atoms with E-state index >= 15 is 0 Å². The molecule has 2 rings (SSSR count). The number of hydrogen-bond donors (Lipinski definition) is 2. The lowest BCUT2D eigenvalue weighted by Crippen LogP contribution is -2.47. The van der Waals surface area contributed by atoms with E-state index in [4.69, 9.17) is 4.74 Å². The molecule has 0 aliphatic carbocycles. The maximum absolute atomic E-state index is 11.8. The highest BCUT2D eigenvalue weighted by Crippen LogP contribution is 2.27. The first kappa shape index (κ1) is 11.9. The van der Waals surface area contributed by atoms with Crippen molar-refractivity contribution in [3.05, 3.63) is 28.8 Å². The van der Waals surface area contributed by atoms with Crippen molar-refractivity contribution in [2.75, 3.05) is 20.2 Å². The standard InChI is InChI=1S/C13H18N2O2/c1-8-7-11(17-3)9(2)6-10(8)12-13(16)15-5-4-14-12/h6-7,12,14H,4-5H2,1-3H3,(H,15,16). The molecular weight excluding hydrogens is 216 g/mol. The minimum Gasteiger partial charge on any atom is -0.496 e. The Labute approximate surface area is 101 Å². The maximum Gasteiger partial charge on any atom is 0.241 e. The predicted octanol–water partition coefficient (Wildman–Crippen LogP) is 1.07. The number of nitrogens with one attached hydrogen (secondary N) is 2. The van der Waals surface area contributed by atoms with Gasteiger partial charge in [0, 0.05) is 13.1 Å². The summed E-state index contributed by atoms with van der Waals surface area (Å²) in [7, 11) is 1.66. The fourth-order valence-electron chi connectivity index (χ4n) is 2.19. The van der Waals surface area contributed by atoms with Gasteiger partial charge in [0.2, 0.25) is 5.91 Å². The molecule has 1 heterocycles.